The molecule has 2 aliphatic rings. The van der Waals surface area contributed by atoms with E-state index in [1.807, 2.05) is 24.6 Å². The van der Waals surface area contributed by atoms with Gasteiger partial charge in [-0.2, -0.15) is 4.98 Å². The summed E-state index contributed by atoms with van der Waals surface area (Å²) in [6, 6.07) is 3.72. The minimum atomic E-state index is 0.0613. The van der Waals surface area contributed by atoms with Crippen LogP contribution in [0.3, 0.4) is 0 Å². The first-order valence-corrected chi connectivity index (χ1v) is 9.40. The SMILES string of the molecule is CN(CCc1noc(C2CN(C(=O)c3cccs3)C2)n1)C(=O)C1CC1. The standard InChI is InChI=1S/C17H20N4O3S/c1-20(16(22)11-4-5-11)7-6-14-18-15(24-19-14)12-9-21(10-12)17(23)13-3-2-8-25-13/h2-3,8,11-12H,4-7,9-10H2,1H3. The molecular formula is C17H20N4O3S. The van der Waals surface area contributed by atoms with Gasteiger partial charge in [0.25, 0.3) is 5.91 Å². The van der Waals surface area contributed by atoms with Gasteiger partial charge in [0, 0.05) is 39.0 Å². The normalized spacial score (nSPS) is 17.4. The third-order valence-electron chi connectivity index (χ3n) is 4.71. The van der Waals surface area contributed by atoms with E-state index in [0.717, 1.165) is 17.7 Å². The molecule has 0 radical (unpaired) electrons. The van der Waals surface area contributed by atoms with E-state index < -0.39 is 0 Å². The maximum absolute atomic E-state index is 12.2. The molecule has 0 aromatic carbocycles. The van der Waals surface area contributed by atoms with Crippen LogP contribution in [0.25, 0.3) is 0 Å². The molecule has 2 aromatic heterocycles. The van der Waals surface area contributed by atoms with Gasteiger partial charge in [-0.1, -0.05) is 11.2 Å². The second-order valence-electron chi connectivity index (χ2n) is 6.72. The number of thiophene rings is 1. The first-order valence-electron chi connectivity index (χ1n) is 8.52. The lowest BCUT2D eigenvalue weighted by molar-refractivity contribution is -0.131. The number of amides is 2. The Morgan fingerprint density at radius 1 is 1.40 bits per heavy atom. The van der Waals surface area contributed by atoms with Gasteiger partial charge in [-0.3, -0.25) is 9.59 Å². The molecule has 25 heavy (non-hydrogen) atoms. The maximum atomic E-state index is 12.2. The summed E-state index contributed by atoms with van der Waals surface area (Å²) in [5, 5.41) is 5.91. The van der Waals surface area contributed by atoms with Crippen LogP contribution < -0.4 is 0 Å². The Labute approximate surface area is 149 Å². The Morgan fingerprint density at radius 2 is 2.20 bits per heavy atom. The van der Waals surface area contributed by atoms with E-state index in [4.69, 9.17) is 4.52 Å². The fraction of sp³-hybridized carbons (Fsp3) is 0.529. The van der Waals surface area contributed by atoms with Crippen LogP contribution in [0.5, 0.6) is 0 Å². The summed E-state index contributed by atoms with van der Waals surface area (Å²) < 4.78 is 5.34. The van der Waals surface area contributed by atoms with E-state index in [1.165, 1.54) is 11.3 Å². The Balaban J connectivity index is 1.26. The van der Waals surface area contributed by atoms with Crippen molar-refractivity contribution in [3.63, 3.8) is 0 Å². The van der Waals surface area contributed by atoms with E-state index in [0.29, 0.717) is 37.8 Å². The molecule has 8 heteroatoms. The summed E-state index contributed by atoms with van der Waals surface area (Å²) in [5.74, 6) is 1.81. The van der Waals surface area contributed by atoms with Crippen molar-refractivity contribution in [3.05, 3.63) is 34.1 Å². The van der Waals surface area contributed by atoms with Crippen molar-refractivity contribution >= 4 is 23.2 Å². The molecule has 7 nitrogen and oxygen atoms in total. The molecule has 1 saturated heterocycles. The number of rotatable bonds is 6. The van der Waals surface area contributed by atoms with Gasteiger partial charge in [-0.25, -0.2) is 0 Å². The number of carbonyl (C=O) groups is 2. The van der Waals surface area contributed by atoms with Crippen LogP contribution in [0.15, 0.2) is 22.0 Å². The highest BCUT2D eigenvalue weighted by atomic mass is 32.1. The Hall–Kier alpha value is -2.22. The third kappa shape index (κ3) is 3.44. The highest BCUT2D eigenvalue weighted by molar-refractivity contribution is 7.12. The number of likely N-dealkylation sites (tertiary alicyclic amines) is 1. The molecular weight excluding hydrogens is 340 g/mol. The minimum absolute atomic E-state index is 0.0613. The van der Waals surface area contributed by atoms with Gasteiger partial charge >= 0.3 is 0 Å². The average Bonchev–Trinajstić information content (AvgIpc) is 3.08. The lowest BCUT2D eigenvalue weighted by Gasteiger charge is -2.36. The molecule has 2 aromatic rings. The van der Waals surface area contributed by atoms with Crippen molar-refractivity contribution in [1.82, 2.24) is 19.9 Å². The van der Waals surface area contributed by atoms with Crippen LogP contribution in [0.2, 0.25) is 0 Å². The first-order chi connectivity index (χ1) is 12.1. The van der Waals surface area contributed by atoms with Gasteiger partial charge < -0.3 is 14.3 Å². The van der Waals surface area contributed by atoms with Gasteiger partial charge in [0.15, 0.2) is 5.82 Å². The van der Waals surface area contributed by atoms with Crippen LogP contribution in [0.4, 0.5) is 0 Å². The Morgan fingerprint density at radius 3 is 2.88 bits per heavy atom. The second kappa shape index (κ2) is 6.59. The molecule has 1 aliphatic carbocycles. The third-order valence-corrected chi connectivity index (χ3v) is 5.57. The van der Waals surface area contributed by atoms with Crippen LogP contribution in [0.1, 0.15) is 40.1 Å². The zero-order valence-corrected chi connectivity index (χ0v) is 14.9. The Kier molecular flexibility index (Phi) is 4.29. The van der Waals surface area contributed by atoms with Crippen LogP contribution in [-0.4, -0.2) is 58.4 Å². The minimum Gasteiger partial charge on any atom is -0.345 e. The van der Waals surface area contributed by atoms with Crippen LogP contribution in [0, 0.1) is 5.92 Å². The smallest absolute Gasteiger partial charge is 0.263 e. The summed E-state index contributed by atoms with van der Waals surface area (Å²) in [6.07, 6.45) is 2.61. The number of nitrogens with zero attached hydrogens (tertiary/aromatic N) is 4. The topological polar surface area (TPSA) is 79.5 Å². The lowest BCUT2D eigenvalue weighted by atomic mass is 10.00. The molecule has 1 saturated carbocycles. The van der Waals surface area contributed by atoms with Gasteiger partial charge in [-0.05, 0) is 24.3 Å². The summed E-state index contributed by atoms with van der Waals surface area (Å²) in [7, 11) is 1.82. The van der Waals surface area contributed by atoms with Crippen molar-refractivity contribution in [2.45, 2.75) is 25.2 Å². The average molecular weight is 360 g/mol. The van der Waals surface area contributed by atoms with Crippen LogP contribution >= 0.6 is 11.3 Å². The lowest BCUT2D eigenvalue weighted by Crippen LogP contribution is -2.48. The van der Waals surface area contributed by atoms with Crippen molar-refractivity contribution in [2.75, 3.05) is 26.7 Å². The summed E-state index contributed by atoms with van der Waals surface area (Å²) in [5.41, 5.74) is 0. The number of hydrogen-bond donors (Lipinski definition) is 0. The van der Waals surface area contributed by atoms with Gasteiger partial charge in [0.05, 0.1) is 10.8 Å². The molecule has 1 aliphatic heterocycles. The zero-order chi connectivity index (χ0) is 17.4. The highest BCUT2D eigenvalue weighted by Gasteiger charge is 2.36. The molecule has 0 bridgehead atoms. The predicted octanol–water partition coefficient (Wildman–Crippen LogP) is 1.78. The maximum Gasteiger partial charge on any atom is 0.263 e. The summed E-state index contributed by atoms with van der Waals surface area (Å²) in [6.45, 7) is 1.82. The first kappa shape index (κ1) is 16.3. The number of likely N-dealkylation sites (N-methyl/N-ethyl adjacent to an activating group) is 1. The number of carbonyl (C=O) groups excluding carboxylic acids is 2. The largest absolute Gasteiger partial charge is 0.345 e. The van der Waals surface area contributed by atoms with Crippen LogP contribution in [-0.2, 0) is 11.2 Å². The molecule has 0 spiro atoms. The van der Waals surface area contributed by atoms with Gasteiger partial charge in [0.2, 0.25) is 11.8 Å². The summed E-state index contributed by atoms with van der Waals surface area (Å²) >= 11 is 1.45. The Bertz CT molecular complexity index is 763. The van der Waals surface area contributed by atoms with E-state index >= 15 is 0 Å². The fourth-order valence-electron chi connectivity index (χ4n) is 2.91. The van der Waals surface area contributed by atoms with E-state index in [2.05, 4.69) is 10.1 Å². The summed E-state index contributed by atoms with van der Waals surface area (Å²) in [4.78, 5) is 32.9. The van der Waals surface area contributed by atoms with E-state index in [9.17, 15) is 9.59 Å². The quantitative estimate of drug-likeness (QED) is 0.784. The molecule has 0 unspecified atom stereocenters. The monoisotopic (exact) mass is 360 g/mol. The van der Waals surface area contributed by atoms with Crippen molar-refractivity contribution in [3.8, 4) is 0 Å². The number of aromatic nitrogens is 2. The predicted molar refractivity (Wildman–Crippen MR) is 91.3 cm³/mol. The fourth-order valence-corrected chi connectivity index (χ4v) is 3.60. The van der Waals surface area contributed by atoms with Crippen molar-refractivity contribution in [2.24, 2.45) is 5.92 Å². The zero-order valence-electron chi connectivity index (χ0n) is 14.1. The molecule has 132 valence electrons. The molecule has 0 N–H and O–H groups in total. The van der Waals surface area contributed by atoms with Gasteiger partial charge in [-0.15, -0.1) is 11.3 Å². The highest BCUT2D eigenvalue weighted by Crippen LogP contribution is 2.31. The van der Waals surface area contributed by atoms with Crippen molar-refractivity contribution < 1.29 is 14.1 Å². The van der Waals surface area contributed by atoms with Gasteiger partial charge in [0.1, 0.15) is 0 Å². The van der Waals surface area contributed by atoms with E-state index in [-0.39, 0.29) is 23.7 Å². The molecule has 2 fully saturated rings. The molecule has 2 amide bonds. The molecule has 4 rings (SSSR count). The van der Waals surface area contributed by atoms with E-state index in [1.54, 1.807) is 9.80 Å². The second-order valence-corrected chi connectivity index (χ2v) is 7.66. The molecule has 3 heterocycles. The molecule has 0 atom stereocenters. The number of hydrogen-bond acceptors (Lipinski definition) is 6. The van der Waals surface area contributed by atoms with Crippen molar-refractivity contribution in [1.29, 1.82) is 0 Å².